The molecule has 1 aromatic carbocycles. The summed E-state index contributed by atoms with van der Waals surface area (Å²) < 4.78 is 11.7. The van der Waals surface area contributed by atoms with E-state index in [9.17, 15) is 4.79 Å². The Bertz CT molecular complexity index is 586. The Labute approximate surface area is 121 Å². The van der Waals surface area contributed by atoms with Gasteiger partial charge in [-0.25, -0.2) is 9.78 Å². The number of aromatic nitrogens is 3. The van der Waals surface area contributed by atoms with Crippen LogP contribution in [-0.2, 0) is 11.3 Å². The van der Waals surface area contributed by atoms with E-state index >= 15 is 0 Å². The van der Waals surface area contributed by atoms with E-state index in [-0.39, 0.29) is 5.82 Å². The van der Waals surface area contributed by atoms with Gasteiger partial charge in [0.05, 0.1) is 13.7 Å². The number of aryl methyl sites for hydroxylation is 1. The molecule has 0 amide bonds. The molecule has 0 aliphatic rings. The molecule has 0 spiro atoms. The molecule has 0 N–H and O–H groups in total. The molecule has 2 aromatic rings. The molecule has 1 heterocycles. The lowest BCUT2D eigenvalue weighted by atomic mass is 10.3. The Morgan fingerprint density at radius 3 is 3.05 bits per heavy atom. The van der Waals surface area contributed by atoms with Gasteiger partial charge in [-0.2, -0.15) is 0 Å². The first-order valence-electron chi connectivity index (χ1n) is 6.05. The number of esters is 1. The van der Waals surface area contributed by atoms with Gasteiger partial charge >= 0.3 is 5.97 Å². The van der Waals surface area contributed by atoms with E-state index in [4.69, 9.17) is 16.3 Å². The van der Waals surface area contributed by atoms with Crippen LogP contribution in [0.2, 0.25) is 5.02 Å². The molecule has 106 valence electrons. The number of ether oxygens (including phenoxy) is 2. The molecule has 0 bridgehead atoms. The number of carbonyl (C=O) groups is 1. The Balaban J connectivity index is 1.76. The molecule has 6 nitrogen and oxygen atoms in total. The lowest BCUT2D eigenvalue weighted by molar-refractivity contribution is 0.0586. The van der Waals surface area contributed by atoms with Crippen LogP contribution in [0.1, 0.15) is 17.0 Å². The van der Waals surface area contributed by atoms with E-state index in [0.29, 0.717) is 18.2 Å². The maximum atomic E-state index is 11.2. The van der Waals surface area contributed by atoms with E-state index in [0.717, 1.165) is 12.2 Å². The average Bonchev–Trinajstić information content (AvgIpc) is 2.92. The van der Waals surface area contributed by atoms with Crippen LogP contribution in [0, 0.1) is 0 Å². The minimum atomic E-state index is -0.543. The Hall–Kier alpha value is -2.08. The van der Waals surface area contributed by atoms with Crippen molar-refractivity contribution in [1.82, 2.24) is 14.8 Å². The zero-order valence-corrected chi connectivity index (χ0v) is 11.7. The van der Waals surface area contributed by atoms with Crippen LogP contribution in [0.5, 0.6) is 5.75 Å². The Morgan fingerprint density at radius 2 is 2.30 bits per heavy atom. The molecule has 1 aromatic heterocycles. The molecule has 20 heavy (non-hydrogen) atoms. The second kappa shape index (κ2) is 6.91. The second-order valence-electron chi connectivity index (χ2n) is 3.98. The minimum absolute atomic E-state index is 0.0586. The van der Waals surface area contributed by atoms with Gasteiger partial charge in [0, 0.05) is 18.0 Å². The predicted octanol–water partition coefficient (Wildman–Crippen LogP) is 2.19. The smallest absolute Gasteiger partial charge is 0.377 e. The molecule has 0 fully saturated rings. The number of hydrogen-bond acceptors (Lipinski definition) is 5. The van der Waals surface area contributed by atoms with Crippen LogP contribution in [-0.4, -0.2) is 34.5 Å². The molecule has 0 radical (unpaired) electrons. The molecule has 7 heteroatoms. The number of hydrogen-bond donors (Lipinski definition) is 0. The van der Waals surface area contributed by atoms with Crippen LogP contribution < -0.4 is 4.74 Å². The zero-order chi connectivity index (χ0) is 14.4. The number of carbonyl (C=O) groups excluding carboxylic acids is 1. The normalized spacial score (nSPS) is 10.3. The summed E-state index contributed by atoms with van der Waals surface area (Å²) in [7, 11) is 1.29. The Kier molecular flexibility index (Phi) is 4.95. The quantitative estimate of drug-likeness (QED) is 0.604. The number of methoxy groups -OCH3 is 1. The van der Waals surface area contributed by atoms with Crippen molar-refractivity contribution in [2.75, 3.05) is 13.7 Å². The highest BCUT2D eigenvalue weighted by Gasteiger charge is 2.10. The van der Waals surface area contributed by atoms with Crippen molar-refractivity contribution in [1.29, 1.82) is 0 Å². The maximum Gasteiger partial charge on any atom is 0.377 e. The van der Waals surface area contributed by atoms with Crippen molar-refractivity contribution >= 4 is 17.6 Å². The first-order valence-corrected chi connectivity index (χ1v) is 6.43. The molecule has 0 saturated carbocycles. The average molecular weight is 296 g/mol. The minimum Gasteiger partial charge on any atom is -0.493 e. The van der Waals surface area contributed by atoms with Crippen molar-refractivity contribution in [3.8, 4) is 5.75 Å². The summed E-state index contributed by atoms with van der Waals surface area (Å²) >= 11 is 5.85. The molecule has 0 atom stereocenters. The van der Waals surface area contributed by atoms with E-state index in [2.05, 4.69) is 14.8 Å². The number of halogens is 1. The van der Waals surface area contributed by atoms with Crippen LogP contribution in [0.3, 0.4) is 0 Å². The van der Waals surface area contributed by atoms with Crippen LogP contribution in [0.15, 0.2) is 30.6 Å². The molecule has 0 aliphatic heterocycles. The lowest BCUT2D eigenvalue weighted by Crippen LogP contribution is -2.08. The van der Waals surface area contributed by atoms with Crippen molar-refractivity contribution in [2.45, 2.75) is 13.0 Å². The van der Waals surface area contributed by atoms with E-state index < -0.39 is 5.97 Å². The molecular formula is C13H14ClN3O3. The summed E-state index contributed by atoms with van der Waals surface area (Å²) in [5, 5.41) is 4.63. The van der Waals surface area contributed by atoms with Gasteiger partial charge in [-0.15, -0.1) is 5.10 Å². The lowest BCUT2D eigenvalue weighted by Gasteiger charge is -2.06. The highest BCUT2D eigenvalue weighted by molar-refractivity contribution is 6.30. The predicted molar refractivity (Wildman–Crippen MR) is 72.9 cm³/mol. The van der Waals surface area contributed by atoms with Crippen molar-refractivity contribution in [3.05, 3.63) is 41.4 Å². The van der Waals surface area contributed by atoms with Crippen LogP contribution in [0.25, 0.3) is 0 Å². The number of nitrogens with zero attached hydrogens (tertiary/aromatic N) is 3. The van der Waals surface area contributed by atoms with E-state index in [1.165, 1.54) is 13.4 Å². The summed E-state index contributed by atoms with van der Waals surface area (Å²) in [4.78, 5) is 15.0. The van der Waals surface area contributed by atoms with Gasteiger partial charge in [-0.1, -0.05) is 17.7 Å². The van der Waals surface area contributed by atoms with Gasteiger partial charge in [-0.3, -0.25) is 4.68 Å². The molecule has 2 rings (SSSR count). The largest absolute Gasteiger partial charge is 0.493 e. The van der Waals surface area contributed by atoms with E-state index in [1.54, 1.807) is 16.8 Å². The molecule has 0 aliphatic carbocycles. The van der Waals surface area contributed by atoms with Gasteiger partial charge in [0.1, 0.15) is 12.1 Å². The summed E-state index contributed by atoms with van der Waals surface area (Å²) in [5.74, 6) is 0.244. The number of benzene rings is 1. The standard InChI is InChI=1S/C13H14ClN3O3/c1-19-13(18)12-15-9-17(16-12)6-3-7-20-11-5-2-4-10(14)8-11/h2,4-5,8-9H,3,6-7H2,1H3. The van der Waals surface area contributed by atoms with Gasteiger partial charge in [0.25, 0.3) is 5.82 Å². The Morgan fingerprint density at radius 1 is 1.45 bits per heavy atom. The third-order valence-corrected chi connectivity index (χ3v) is 2.74. The fourth-order valence-electron chi connectivity index (χ4n) is 1.56. The summed E-state index contributed by atoms with van der Waals surface area (Å²) in [5.41, 5.74) is 0. The van der Waals surface area contributed by atoms with Gasteiger partial charge in [-0.05, 0) is 18.2 Å². The second-order valence-corrected chi connectivity index (χ2v) is 4.42. The monoisotopic (exact) mass is 295 g/mol. The van der Waals surface area contributed by atoms with E-state index in [1.807, 2.05) is 12.1 Å². The summed E-state index contributed by atoms with van der Waals surface area (Å²) in [6, 6.07) is 7.22. The highest BCUT2D eigenvalue weighted by Crippen LogP contribution is 2.17. The zero-order valence-electron chi connectivity index (χ0n) is 11.0. The first-order chi connectivity index (χ1) is 9.69. The first kappa shape index (κ1) is 14.3. The molecule has 0 saturated heterocycles. The van der Waals surface area contributed by atoms with Crippen molar-refractivity contribution < 1.29 is 14.3 Å². The SMILES string of the molecule is COC(=O)c1ncn(CCCOc2cccc(Cl)c2)n1. The van der Waals surface area contributed by atoms with Crippen LogP contribution >= 0.6 is 11.6 Å². The third-order valence-electron chi connectivity index (χ3n) is 2.50. The van der Waals surface area contributed by atoms with Gasteiger partial charge in [0.2, 0.25) is 0 Å². The third kappa shape index (κ3) is 3.96. The van der Waals surface area contributed by atoms with Crippen molar-refractivity contribution in [2.24, 2.45) is 0 Å². The highest BCUT2D eigenvalue weighted by atomic mass is 35.5. The fraction of sp³-hybridized carbons (Fsp3) is 0.308. The molecular weight excluding hydrogens is 282 g/mol. The number of rotatable bonds is 6. The van der Waals surface area contributed by atoms with Crippen LogP contribution in [0.4, 0.5) is 0 Å². The topological polar surface area (TPSA) is 66.2 Å². The summed E-state index contributed by atoms with van der Waals surface area (Å²) in [6.45, 7) is 1.12. The molecule has 0 unspecified atom stereocenters. The van der Waals surface area contributed by atoms with Crippen molar-refractivity contribution in [3.63, 3.8) is 0 Å². The summed E-state index contributed by atoms with van der Waals surface area (Å²) in [6.07, 6.45) is 2.22. The maximum absolute atomic E-state index is 11.2. The van der Waals surface area contributed by atoms with Gasteiger partial charge < -0.3 is 9.47 Å². The fourth-order valence-corrected chi connectivity index (χ4v) is 1.74. The van der Waals surface area contributed by atoms with Gasteiger partial charge in [0.15, 0.2) is 0 Å².